The van der Waals surface area contributed by atoms with E-state index < -0.39 is 26.1 Å². The van der Waals surface area contributed by atoms with Crippen molar-refractivity contribution in [2.75, 3.05) is 5.32 Å². The molecular formula is C29H39N3O4Si. The third kappa shape index (κ3) is 5.37. The van der Waals surface area contributed by atoms with Gasteiger partial charge in [-0.15, -0.1) is 0 Å². The lowest BCUT2D eigenvalue weighted by Gasteiger charge is -2.45. The zero-order valence-corrected chi connectivity index (χ0v) is 23.6. The van der Waals surface area contributed by atoms with E-state index in [9.17, 15) is 15.0 Å². The summed E-state index contributed by atoms with van der Waals surface area (Å²) in [6, 6.07) is 22.7. The number of nitrogens with one attached hydrogen (secondary N) is 1. The molecule has 1 saturated carbocycles. The first-order chi connectivity index (χ1) is 17.3. The minimum absolute atomic E-state index is 0.0452. The molecule has 8 heteroatoms. The average molecular weight is 522 g/mol. The maximum absolute atomic E-state index is 11.4. The molecular weight excluding hydrogens is 482 g/mol. The molecule has 1 heterocycles. The Hall–Kier alpha value is -2.94. The van der Waals surface area contributed by atoms with Gasteiger partial charge in [0.15, 0.2) is 0 Å². The molecule has 1 amide bonds. The number of carbonyl (C=O) groups is 1. The summed E-state index contributed by atoms with van der Waals surface area (Å²) in [6.07, 6.45) is -1.03. The number of aliphatic hydroxyl groups excluding tert-OH is 1. The van der Waals surface area contributed by atoms with Gasteiger partial charge >= 0.3 is 6.09 Å². The Balaban J connectivity index is 1.72. The molecule has 3 atom stereocenters. The van der Waals surface area contributed by atoms with E-state index in [4.69, 9.17) is 9.52 Å². The average Bonchev–Trinajstić information content (AvgIpc) is 3.40. The third-order valence-electron chi connectivity index (χ3n) is 7.23. The van der Waals surface area contributed by atoms with Crippen LogP contribution in [0.2, 0.25) is 5.04 Å². The molecule has 7 nitrogen and oxygen atoms in total. The zero-order valence-electron chi connectivity index (χ0n) is 22.6. The van der Waals surface area contributed by atoms with Gasteiger partial charge in [-0.2, -0.15) is 5.10 Å². The minimum Gasteiger partial charge on any atom is -0.465 e. The summed E-state index contributed by atoms with van der Waals surface area (Å²) in [7, 11) is -2.82. The number of anilines is 1. The van der Waals surface area contributed by atoms with Gasteiger partial charge in [0, 0.05) is 12.0 Å². The predicted molar refractivity (Wildman–Crippen MR) is 149 cm³/mol. The third-order valence-corrected chi connectivity index (χ3v) is 12.3. The Labute approximate surface area is 220 Å². The second-order valence-electron chi connectivity index (χ2n) is 12.0. The van der Waals surface area contributed by atoms with Crippen LogP contribution in [0.15, 0.2) is 66.7 Å². The minimum atomic E-state index is -2.82. The molecule has 0 spiro atoms. The van der Waals surface area contributed by atoms with E-state index in [-0.39, 0.29) is 17.1 Å². The van der Waals surface area contributed by atoms with E-state index >= 15 is 0 Å². The van der Waals surface area contributed by atoms with Crippen LogP contribution in [0.4, 0.5) is 10.6 Å². The first-order valence-electron chi connectivity index (χ1n) is 12.9. The lowest BCUT2D eigenvalue weighted by Crippen LogP contribution is -2.68. The van der Waals surface area contributed by atoms with Crippen molar-refractivity contribution in [1.82, 2.24) is 9.78 Å². The fraction of sp³-hybridized carbons (Fsp3) is 0.448. The summed E-state index contributed by atoms with van der Waals surface area (Å²) >= 11 is 0. The second kappa shape index (κ2) is 10.1. The SMILES string of the molecule is CC(C)(C)n1nc([C@H]2C[C@@H](O)[C@@H](O[Si](c3ccccc3)(c3ccccc3)C(C)(C)C)C2)cc1NC(=O)O. The normalized spacial score (nSPS) is 20.7. The van der Waals surface area contributed by atoms with Crippen LogP contribution >= 0.6 is 0 Å². The monoisotopic (exact) mass is 521 g/mol. The Morgan fingerprint density at radius 1 is 0.973 bits per heavy atom. The largest absolute Gasteiger partial charge is 0.465 e. The van der Waals surface area contributed by atoms with E-state index in [0.29, 0.717) is 18.7 Å². The molecule has 0 radical (unpaired) electrons. The molecule has 1 aliphatic carbocycles. The maximum atomic E-state index is 11.4. The van der Waals surface area contributed by atoms with E-state index in [2.05, 4.69) is 74.6 Å². The summed E-state index contributed by atoms with van der Waals surface area (Å²) in [4.78, 5) is 11.4. The fourth-order valence-electron chi connectivity index (χ4n) is 5.57. The van der Waals surface area contributed by atoms with Crippen LogP contribution in [0.25, 0.3) is 0 Å². The van der Waals surface area contributed by atoms with Gasteiger partial charge in [0.25, 0.3) is 8.32 Å². The molecule has 3 aromatic rings. The van der Waals surface area contributed by atoms with E-state index in [1.165, 1.54) is 10.4 Å². The summed E-state index contributed by atoms with van der Waals surface area (Å²) < 4.78 is 8.92. The highest BCUT2D eigenvalue weighted by molar-refractivity contribution is 6.99. The zero-order chi connectivity index (χ0) is 27.0. The molecule has 37 heavy (non-hydrogen) atoms. The molecule has 3 N–H and O–H groups in total. The van der Waals surface area contributed by atoms with Crippen molar-refractivity contribution in [3.05, 3.63) is 72.4 Å². The summed E-state index contributed by atoms with van der Waals surface area (Å²) in [5.41, 5.74) is 0.365. The van der Waals surface area contributed by atoms with Crippen LogP contribution in [0, 0.1) is 0 Å². The van der Waals surface area contributed by atoms with Crippen LogP contribution in [0.1, 0.15) is 66.0 Å². The molecule has 0 saturated heterocycles. The van der Waals surface area contributed by atoms with Crippen LogP contribution in [0.5, 0.6) is 0 Å². The highest BCUT2D eigenvalue weighted by Crippen LogP contribution is 2.43. The van der Waals surface area contributed by atoms with Gasteiger partial charge in [-0.05, 0) is 49.0 Å². The van der Waals surface area contributed by atoms with Gasteiger partial charge in [0.2, 0.25) is 0 Å². The number of hydrogen-bond acceptors (Lipinski definition) is 4. The molecule has 4 rings (SSSR count). The van der Waals surface area contributed by atoms with Crippen LogP contribution < -0.4 is 15.7 Å². The molecule has 1 fully saturated rings. The summed E-state index contributed by atoms with van der Waals surface area (Å²) in [5.74, 6) is 0.386. The fourth-order valence-corrected chi connectivity index (χ4v) is 10.3. The van der Waals surface area contributed by atoms with Gasteiger partial charge in [-0.25, -0.2) is 9.48 Å². The van der Waals surface area contributed by atoms with Crippen molar-refractivity contribution in [2.45, 2.75) is 83.1 Å². The highest BCUT2D eigenvalue weighted by atomic mass is 28.4. The van der Waals surface area contributed by atoms with Gasteiger partial charge < -0.3 is 14.6 Å². The van der Waals surface area contributed by atoms with Gasteiger partial charge in [0.1, 0.15) is 5.82 Å². The Morgan fingerprint density at radius 2 is 1.51 bits per heavy atom. The van der Waals surface area contributed by atoms with E-state index in [1.54, 1.807) is 10.7 Å². The van der Waals surface area contributed by atoms with Crippen LogP contribution in [-0.4, -0.2) is 46.6 Å². The smallest absolute Gasteiger partial charge is 0.410 e. The van der Waals surface area contributed by atoms with Crippen molar-refractivity contribution in [1.29, 1.82) is 0 Å². The number of nitrogens with zero attached hydrogens (tertiary/aromatic N) is 2. The van der Waals surface area contributed by atoms with Crippen molar-refractivity contribution in [2.24, 2.45) is 0 Å². The van der Waals surface area contributed by atoms with Crippen molar-refractivity contribution < 1.29 is 19.4 Å². The topological polar surface area (TPSA) is 96.6 Å². The van der Waals surface area contributed by atoms with Crippen LogP contribution in [-0.2, 0) is 9.96 Å². The number of hydrogen-bond donors (Lipinski definition) is 3. The Morgan fingerprint density at radius 3 is 1.97 bits per heavy atom. The Kier molecular flexibility index (Phi) is 7.38. The van der Waals surface area contributed by atoms with Gasteiger partial charge in [-0.1, -0.05) is 81.4 Å². The first-order valence-corrected chi connectivity index (χ1v) is 14.8. The Bertz CT molecular complexity index is 1180. The van der Waals surface area contributed by atoms with Gasteiger partial charge in [0.05, 0.1) is 23.4 Å². The number of benzene rings is 2. The molecule has 2 aromatic carbocycles. The van der Waals surface area contributed by atoms with Crippen molar-refractivity contribution in [3.63, 3.8) is 0 Å². The van der Waals surface area contributed by atoms with E-state index in [0.717, 1.165) is 5.69 Å². The molecule has 1 aromatic heterocycles. The molecule has 0 aliphatic heterocycles. The standard InChI is InChI=1S/C29H39N3O4Si/c1-28(2,3)32-26(30-27(34)35)19-23(31-32)20-17-24(33)25(18-20)36-37(29(4,5)6,21-13-9-7-10-14-21)22-15-11-8-12-16-22/h7-16,19-20,24-25,30,33H,17-18H2,1-6H3,(H,34,35)/t20-,24+,25-/m0/s1. The number of carboxylic acid groups (broad SMARTS) is 1. The molecule has 198 valence electrons. The molecule has 1 aliphatic rings. The van der Waals surface area contributed by atoms with Crippen molar-refractivity contribution in [3.8, 4) is 0 Å². The number of amides is 1. The quantitative estimate of drug-likeness (QED) is 0.401. The van der Waals surface area contributed by atoms with Gasteiger partial charge in [-0.3, -0.25) is 5.32 Å². The number of aliphatic hydroxyl groups is 1. The lowest BCUT2D eigenvalue weighted by atomic mass is 10.0. The number of rotatable bonds is 6. The predicted octanol–water partition coefficient (Wildman–Crippen LogP) is 4.91. The van der Waals surface area contributed by atoms with Crippen LogP contribution in [0.3, 0.4) is 0 Å². The van der Waals surface area contributed by atoms with Crippen molar-refractivity contribution >= 4 is 30.6 Å². The first kappa shape index (κ1) is 27.1. The summed E-state index contributed by atoms with van der Waals surface area (Å²) in [5, 5.41) is 30.0. The lowest BCUT2D eigenvalue weighted by molar-refractivity contribution is 0.0539. The molecule has 0 bridgehead atoms. The maximum Gasteiger partial charge on any atom is 0.410 e. The highest BCUT2D eigenvalue weighted by Gasteiger charge is 2.53. The second-order valence-corrected chi connectivity index (χ2v) is 16.3. The molecule has 0 unspecified atom stereocenters. The summed E-state index contributed by atoms with van der Waals surface area (Å²) in [6.45, 7) is 12.6. The number of aromatic nitrogens is 2. The van der Waals surface area contributed by atoms with E-state index in [1.807, 2.05) is 32.9 Å².